The van der Waals surface area contributed by atoms with Crippen LogP contribution >= 0.6 is 11.8 Å². The van der Waals surface area contributed by atoms with Crippen molar-refractivity contribution >= 4 is 23.9 Å². The fourth-order valence-electron chi connectivity index (χ4n) is 2.81. The summed E-state index contributed by atoms with van der Waals surface area (Å²) >= 11 is 1.86. The highest BCUT2D eigenvalue weighted by atomic mass is 32.2. The van der Waals surface area contributed by atoms with Crippen molar-refractivity contribution in [1.82, 2.24) is 0 Å². The zero-order valence-electron chi connectivity index (χ0n) is 8.53. The molecule has 80 valence electrons. The molecule has 3 aliphatic rings. The van der Waals surface area contributed by atoms with Crippen molar-refractivity contribution in [2.75, 3.05) is 5.75 Å². The zero-order valence-corrected chi connectivity index (χ0v) is 9.35. The smallest absolute Gasteiger partial charge is 0.220 e. The van der Waals surface area contributed by atoms with Gasteiger partial charge in [0.15, 0.2) is 0 Å². The Morgan fingerprint density at radius 1 is 1.60 bits per heavy atom. The molecule has 2 aliphatic heterocycles. The van der Waals surface area contributed by atoms with Crippen LogP contribution in [0.2, 0.25) is 0 Å². The van der Waals surface area contributed by atoms with Gasteiger partial charge in [-0.25, -0.2) is 0 Å². The van der Waals surface area contributed by atoms with Gasteiger partial charge in [0.2, 0.25) is 5.91 Å². The van der Waals surface area contributed by atoms with Gasteiger partial charge in [0, 0.05) is 23.3 Å². The number of aliphatic imine (C=N–C) groups is 1. The first-order valence-electron chi connectivity index (χ1n) is 5.38. The normalized spacial score (nSPS) is 38.0. The van der Waals surface area contributed by atoms with Gasteiger partial charge in [0.25, 0.3) is 0 Å². The van der Waals surface area contributed by atoms with Crippen LogP contribution in [0, 0.1) is 11.3 Å². The molecule has 0 radical (unpaired) electrons. The van der Waals surface area contributed by atoms with Gasteiger partial charge in [0.05, 0.1) is 5.03 Å². The maximum atomic E-state index is 11.0. The van der Waals surface area contributed by atoms with E-state index in [4.69, 9.17) is 5.73 Å². The van der Waals surface area contributed by atoms with Crippen molar-refractivity contribution in [2.24, 2.45) is 22.1 Å². The van der Waals surface area contributed by atoms with E-state index in [1.54, 1.807) is 0 Å². The lowest BCUT2D eigenvalue weighted by molar-refractivity contribution is -0.126. The molecule has 0 unspecified atom stereocenters. The van der Waals surface area contributed by atoms with Gasteiger partial charge in [-0.3, -0.25) is 9.79 Å². The summed E-state index contributed by atoms with van der Waals surface area (Å²) in [7, 11) is 0. The first-order chi connectivity index (χ1) is 7.19. The van der Waals surface area contributed by atoms with Crippen molar-refractivity contribution in [2.45, 2.75) is 25.7 Å². The van der Waals surface area contributed by atoms with Crippen LogP contribution in [0.3, 0.4) is 0 Å². The number of carbonyl (C=O) groups is 1. The standard InChI is InChI=1S/C11H14N2OS/c12-9(14)8-4-11(5-8)3-7-1-2-15-10(7)13-6-11/h6,8H,1-5H2,(H2,12,14). The van der Waals surface area contributed by atoms with Gasteiger partial charge in [0.1, 0.15) is 0 Å². The Balaban J connectivity index is 1.73. The lowest BCUT2D eigenvalue weighted by Gasteiger charge is -2.45. The third kappa shape index (κ3) is 1.42. The zero-order chi connectivity index (χ0) is 10.5. The summed E-state index contributed by atoms with van der Waals surface area (Å²) in [4.78, 5) is 15.5. The Hall–Kier alpha value is -0.770. The predicted octanol–water partition coefficient (Wildman–Crippen LogP) is 1.69. The summed E-state index contributed by atoms with van der Waals surface area (Å²) in [6.07, 6.45) is 6.19. The van der Waals surface area contributed by atoms with Crippen LogP contribution < -0.4 is 5.73 Å². The van der Waals surface area contributed by atoms with Gasteiger partial charge in [-0.05, 0) is 31.3 Å². The summed E-state index contributed by atoms with van der Waals surface area (Å²) < 4.78 is 0. The second-order valence-corrected chi connectivity index (χ2v) is 5.90. The molecule has 0 atom stereocenters. The topological polar surface area (TPSA) is 55.5 Å². The number of nitrogens with two attached hydrogens (primary N) is 1. The van der Waals surface area contributed by atoms with E-state index in [0.29, 0.717) is 0 Å². The largest absolute Gasteiger partial charge is 0.369 e. The van der Waals surface area contributed by atoms with Crippen LogP contribution in [0.25, 0.3) is 0 Å². The van der Waals surface area contributed by atoms with E-state index in [1.807, 2.05) is 11.8 Å². The highest BCUT2D eigenvalue weighted by Gasteiger charge is 2.47. The summed E-state index contributed by atoms with van der Waals surface area (Å²) in [6, 6.07) is 0. The number of hydrogen-bond donors (Lipinski definition) is 1. The van der Waals surface area contributed by atoms with E-state index in [-0.39, 0.29) is 17.2 Å². The molecular formula is C11H14N2OS. The fraction of sp³-hybridized carbons (Fsp3) is 0.636. The van der Waals surface area contributed by atoms with Crippen molar-refractivity contribution in [1.29, 1.82) is 0 Å². The van der Waals surface area contributed by atoms with Crippen LogP contribution in [0.5, 0.6) is 0 Å². The molecule has 15 heavy (non-hydrogen) atoms. The van der Waals surface area contributed by atoms with Crippen molar-refractivity contribution in [3.8, 4) is 0 Å². The fourth-order valence-corrected chi connectivity index (χ4v) is 3.86. The van der Waals surface area contributed by atoms with Crippen LogP contribution in [-0.4, -0.2) is 17.9 Å². The average molecular weight is 222 g/mol. The molecule has 1 aliphatic carbocycles. The second-order valence-electron chi connectivity index (χ2n) is 4.81. The van der Waals surface area contributed by atoms with E-state index in [0.717, 1.165) is 19.3 Å². The number of nitrogens with zero attached hydrogens (tertiary/aromatic N) is 1. The highest BCUT2D eigenvalue weighted by Crippen LogP contribution is 2.53. The maximum absolute atomic E-state index is 11.0. The monoisotopic (exact) mass is 222 g/mol. The molecule has 1 saturated carbocycles. The van der Waals surface area contributed by atoms with E-state index in [2.05, 4.69) is 11.2 Å². The highest BCUT2D eigenvalue weighted by molar-refractivity contribution is 8.03. The lowest BCUT2D eigenvalue weighted by Crippen LogP contribution is -2.45. The summed E-state index contributed by atoms with van der Waals surface area (Å²) in [6.45, 7) is 0. The van der Waals surface area contributed by atoms with Crippen LogP contribution in [0.1, 0.15) is 25.7 Å². The van der Waals surface area contributed by atoms with Gasteiger partial charge in [-0.15, -0.1) is 11.8 Å². The lowest BCUT2D eigenvalue weighted by atomic mass is 9.59. The minimum Gasteiger partial charge on any atom is -0.369 e. The molecule has 2 heterocycles. The molecule has 3 nitrogen and oxygen atoms in total. The predicted molar refractivity (Wildman–Crippen MR) is 61.6 cm³/mol. The third-order valence-corrected chi connectivity index (χ3v) is 4.75. The third-order valence-electron chi connectivity index (χ3n) is 3.67. The Morgan fingerprint density at radius 3 is 3.13 bits per heavy atom. The molecule has 0 saturated heterocycles. The number of hydrogen-bond acceptors (Lipinski definition) is 3. The molecule has 1 spiro atoms. The Labute approximate surface area is 93.2 Å². The van der Waals surface area contributed by atoms with E-state index in [1.165, 1.54) is 22.8 Å². The number of thioether (sulfide) groups is 1. The quantitative estimate of drug-likeness (QED) is 0.734. The molecule has 0 aromatic rings. The molecule has 2 N–H and O–H groups in total. The van der Waals surface area contributed by atoms with E-state index < -0.39 is 0 Å². The molecule has 0 aromatic heterocycles. The summed E-state index contributed by atoms with van der Waals surface area (Å²) in [5.74, 6) is 1.12. The van der Waals surface area contributed by atoms with Crippen molar-refractivity contribution < 1.29 is 4.79 Å². The minimum absolute atomic E-state index is 0.0904. The molecule has 1 fully saturated rings. The van der Waals surface area contributed by atoms with Crippen molar-refractivity contribution in [3.05, 3.63) is 10.6 Å². The van der Waals surface area contributed by atoms with Crippen molar-refractivity contribution in [3.63, 3.8) is 0 Å². The van der Waals surface area contributed by atoms with Crippen LogP contribution in [-0.2, 0) is 4.79 Å². The van der Waals surface area contributed by atoms with Gasteiger partial charge < -0.3 is 5.73 Å². The van der Waals surface area contributed by atoms with Gasteiger partial charge >= 0.3 is 0 Å². The van der Waals surface area contributed by atoms with E-state index >= 15 is 0 Å². The first kappa shape index (κ1) is 9.46. The minimum atomic E-state index is -0.144. The second kappa shape index (κ2) is 3.11. The molecule has 4 heteroatoms. The molecule has 0 bridgehead atoms. The Kier molecular flexibility index (Phi) is 1.96. The van der Waals surface area contributed by atoms with Gasteiger partial charge in [-0.1, -0.05) is 0 Å². The molecule has 3 rings (SSSR count). The van der Waals surface area contributed by atoms with E-state index in [9.17, 15) is 4.79 Å². The first-order valence-corrected chi connectivity index (χ1v) is 6.36. The summed E-state index contributed by atoms with van der Waals surface area (Å²) in [5.41, 5.74) is 6.98. The number of primary amides is 1. The van der Waals surface area contributed by atoms with Crippen LogP contribution in [0.4, 0.5) is 0 Å². The average Bonchev–Trinajstić information content (AvgIpc) is 2.59. The molecule has 1 amide bonds. The van der Waals surface area contributed by atoms with Crippen LogP contribution in [0.15, 0.2) is 15.6 Å². The number of carbonyl (C=O) groups excluding carboxylic acids is 1. The molecule has 0 aromatic carbocycles. The SMILES string of the molecule is NC(=O)C1CC2(C=NC3=C(CCS3)C2)C1. The number of amides is 1. The summed E-state index contributed by atoms with van der Waals surface area (Å²) in [5, 5.41) is 1.24. The van der Waals surface area contributed by atoms with Gasteiger partial charge in [-0.2, -0.15) is 0 Å². The molecular weight excluding hydrogens is 208 g/mol. The number of allylic oxidation sites excluding steroid dienone is 1. The Morgan fingerprint density at radius 2 is 2.40 bits per heavy atom. The maximum Gasteiger partial charge on any atom is 0.220 e. The Bertz CT molecular complexity index is 380. The number of rotatable bonds is 1.